The first kappa shape index (κ1) is 13.1. The number of fused-ring (bicyclic) bond motifs is 1. The van der Waals surface area contributed by atoms with Crippen molar-refractivity contribution >= 4 is 17.2 Å². The SMILES string of the molecule is Cc1ccccc1C(=O)Nc1cnc2ccccn2c1=O. The summed E-state index contributed by atoms with van der Waals surface area (Å²) in [5, 5.41) is 2.62. The lowest BCUT2D eigenvalue weighted by molar-refractivity contribution is 0.102. The van der Waals surface area contributed by atoms with Crippen LogP contribution in [0.25, 0.3) is 5.65 Å². The lowest BCUT2D eigenvalue weighted by atomic mass is 10.1. The van der Waals surface area contributed by atoms with Gasteiger partial charge in [0.05, 0.1) is 6.20 Å². The predicted octanol–water partition coefficient (Wildman–Crippen LogP) is 2.26. The van der Waals surface area contributed by atoms with E-state index in [4.69, 9.17) is 0 Å². The van der Waals surface area contributed by atoms with Crippen molar-refractivity contribution in [3.8, 4) is 0 Å². The fraction of sp³-hybridized carbons (Fsp3) is 0.0625. The summed E-state index contributed by atoms with van der Waals surface area (Å²) in [6.07, 6.45) is 3.00. The van der Waals surface area contributed by atoms with Gasteiger partial charge in [-0.2, -0.15) is 0 Å². The lowest BCUT2D eigenvalue weighted by Crippen LogP contribution is -2.23. The van der Waals surface area contributed by atoms with E-state index in [9.17, 15) is 9.59 Å². The topological polar surface area (TPSA) is 63.5 Å². The maximum absolute atomic E-state index is 12.3. The molecule has 0 atom stereocenters. The minimum atomic E-state index is -0.317. The number of anilines is 1. The molecule has 0 aliphatic carbocycles. The smallest absolute Gasteiger partial charge is 0.281 e. The third kappa shape index (κ3) is 2.41. The van der Waals surface area contributed by atoms with Crippen LogP contribution in [0.1, 0.15) is 15.9 Å². The van der Waals surface area contributed by atoms with Gasteiger partial charge in [0.25, 0.3) is 11.5 Å². The van der Waals surface area contributed by atoms with Crippen molar-refractivity contribution in [2.45, 2.75) is 6.92 Å². The summed E-state index contributed by atoms with van der Waals surface area (Å²) in [7, 11) is 0. The summed E-state index contributed by atoms with van der Waals surface area (Å²) >= 11 is 0. The number of rotatable bonds is 2. The van der Waals surface area contributed by atoms with Crippen LogP contribution in [0.5, 0.6) is 0 Å². The molecule has 0 saturated heterocycles. The van der Waals surface area contributed by atoms with Crippen LogP contribution in [0, 0.1) is 6.92 Å². The van der Waals surface area contributed by atoms with Crippen molar-refractivity contribution in [1.82, 2.24) is 9.38 Å². The van der Waals surface area contributed by atoms with Crippen LogP contribution >= 0.6 is 0 Å². The minimum absolute atomic E-state index is 0.159. The Morgan fingerprint density at radius 1 is 1.14 bits per heavy atom. The molecule has 0 radical (unpaired) electrons. The number of amides is 1. The number of hydrogen-bond acceptors (Lipinski definition) is 3. The van der Waals surface area contributed by atoms with Crippen LogP contribution in [-0.4, -0.2) is 15.3 Å². The molecular weight excluding hydrogens is 266 g/mol. The Hall–Kier alpha value is -2.95. The maximum Gasteiger partial charge on any atom is 0.281 e. The molecule has 0 aliphatic rings. The molecule has 104 valence electrons. The van der Waals surface area contributed by atoms with E-state index in [1.165, 1.54) is 10.6 Å². The number of carbonyl (C=O) groups is 1. The van der Waals surface area contributed by atoms with Crippen LogP contribution in [0.4, 0.5) is 5.69 Å². The lowest BCUT2D eigenvalue weighted by Gasteiger charge is -2.07. The fourth-order valence-corrected chi connectivity index (χ4v) is 2.13. The molecule has 0 saturated carbocycles. The van der Waals surface area contributed by atoms with Crippen molar-refractivity contribution in [2.75, 3.05) is 5.32 Å². The average molecular weight is 279 g/mol. The van der Waals surface area contributed by atoms with E-state index in [1.807, 2.05) is 19.1 Å². The third-order valence-electron chi connectivity index (χ3n) is 3.25. The van der Waals surface area contributed by atoms with Crippen molar-refractivity contribution in [3.63, 3.8) is 0 Å². The molecule has 0 bridgehead atoms. The number of nitrogens with zero attached hydrogens (tertiary/aromatic N) is 2. The molecular formula is C16H13N3O2. The van der Waals surface area contributed by atoms with Crippen LogP contribution in [0.15, 0.2) is 59.7 Å². The van der Waals surface area contributed by atoms with Crippen LogP contribution in [-0.2, 0) is 0 Å². The number of hydrogen-bond donors (Lipinski definition) is 1. The van der Waals surface area contributed by atoms with Crippen molar-refractivity contribution in [1.29, 1.82) is 0 Å². The van der Waals surface area contributed by atoms with Gasteiger partial charge in [0.2, 0.25) is 0 Å². The summed E-state index contributed by atoms with van der Waals surface area (Å²) < 4.78 is 1.40. The van der Waals surface area contributed by atoms with E-state index in [0.717, 1.165) is 5.56 Å². The zero-order valence-corrected chi connectivity index (χ0v) is 11.4. The van der Waals surface area contributed by atoms with Gasteiger partial charge >= 0.3 is 0 Å². The Morgan fingerprint density at radius 2 is 1.90 bits per heavy atom. The Morgan fingerprint density at radius 3 is 2.71 bits per heavy atom. The molecule has 0 aliphatic heterocycles. The highest BCUT2D eigenvalue weighted by atomic mass is 16.2. The van der Waals surface area contributed by atoms with Gasteiger partial charge in [0.1, 0.15) is 11.3 Å². The zero-order chi connectivity index (χ0) is 14.8. The van der Waals surface area contributed by atoms with Gasteiger partial charge in [-0.25, -0.2) is 4.98 Å². The van der Waals surface area contributed by atoms with Gasteiger partial charge in [-0.15, -0.1) is 0 Å². The standard InChI is InChI=1S/C16H13N3O2/c1-11-6-2-3-7-12(11)15(20)18-13-10-17-14-8-4-5-9-19(14)16(13)21/h2-10H,1H3,(H,18,20). The van der Waals surface area contributed by atoms with Gasteiger partial charge in [-0.1, -0.05) is 24.3 Å². The Bertz CT molecular complexity index is 884. The van der Waals surface area contributed by atoms with Gasteiger partial charge < -0.3 is 5.32 Å². The first-order chi connectivity index (χ1) is 10.2. The molecule has 21 heavy (non-hydrogen) atoms. The molecule has 1 aromatic carbocycles. The molecule has 3 rings (SSSR count). The Kier molecular flexibility index (Phi) is 3.23. The summed E-state index contributed by atoms with van der Waals surface area (Å²) in [4.78, 5) is 28.7. The van der Waals surface area contributed by atoms with Crippen LogP contribution in [0.2, 0.25) is 0 Å². The number of pyridine rings is 1. The summed E-state index contributed by atoms with van der Waals surface area (Å²) in [6.45, 7) is 1.85. The van der Waals surface area contributed by atoms with Gasteiger partial charge in [-0.3, -0.25) is 14.0 Å². The van der Waals surface area contributed by atoms with Gasteiger partial charge in [0, 0.05) is 11.8 Å². The van der Waals surface area contributed by atoms with Crippen molar-refractivity contribution in [2.24, 2.45) is 0 Å². The molecule has 2 heterocycles. The molecule has 0 fully saturated rings. The molecule has 1 amide bonds. The second-order valence-electron chi connectivity index (χ2n) is 4.67. The highest BCUT2D eigenvalue weighted by Gasteiger charge is 2.11. The van der Waals surface area contributed by atoms with Crippen LogP contribution < -0.4 is 10.9 Å². The van der Waals surface area contributed by atoms with E-state index in [2.05, 4.69) is 10.3 Å². The maximum atomic E-state index is 12.3. The summed E-state index contributed by atoms with van der Waals surface area (Å²) in [5.74, 6) is -0.317. The average Bonchev–Trinajstić information content (AvgIpc) is 2.51. The summed E-state index contributed by atoms with van der Waals surface area (Å²) in [6, 6.07) is 12.5. The fourth-order valence-electron chi connectivity index (χ4n) is 2.13. The highest BCUT2D eigenvalue weighted by Crippen LogP contribution is 2.09. The largest absolute Gasteiger partial charge is 0.316 e. The number of aryl methyl sites for hydroxylation is 1. The van der Waals surface area contributed by atoms with Crippen molar-refractivity contribution in [3.05, 3.63) is 76.3 Å². The number of aromatic nitrogens is 2. The number of nitrogens with one attached hydrogen (secondary N) is 1. The quantitative estimate of drug-likeness (QED) is 0.782. The van der Waals surface area contributed by atoms with Crippen molar-refractivity contribution < 1.29 is 4.79 Å². The Balaban J connectivity index is 1.99. The summed E-state index contributed by atoms with van der Waals surface area (Å²) in [5.41, 5.74) is 1.78. The van der Waals surface area contributed by atoms with E-state index in [-0.39, 0.29) is 17.2 Å². The molecule has 0 spiro atoms. The molecule has 0 unspecified atom stereocenters. The predicted molar refractivity (Wildman–Crippen MR) is 80.6 cm³/mol. The van der Waals surface area contributed by atoms with Gasteiger partial charge in [-0.05, 0) is 30.7 Å². The normalized spacial score (nSPS) is 10.5. The minimum Gasteiger partial charge on any atom is -0.316 e. The Labute approximate surface area is 120 Å². The van der Waals surface area contributed by atoms with E-state index >= 15 is 0 Å². The molecule has 5 nitrogen and oxygen atoms in total. The number of benzene rings is 1. The third-order valence-corrected chi connectivity index (χ3v) is 3.25. The van der Waals surface area contributed by atoms with Gasteiger partial charge in [0.15, 0.2) is 0 Å². The highest BCUT2D eigenvalue weighted by molar-refractivity contribution is 6.05. The molecule has 1 N–H and O–H groups in total. The zero-order valence-electron chi connectivity index (χ0n) is 11.4. The van der Waals surface area contributed by atoms with Crippen LogP contribution in [0.3, 0.4) is 0 Å². The first-order valence-corrected chi connectivity index (χ1v) is 6.50. The molecule has 5 heteroatoms. The van der Waals surface area contributed by atoms with E-state index < -0.39 is 0 Å². The second kappa shape index (κ2) is 5.20. The molecule has 2 aromatic heterocycles. The first-order valence-electron chi connectivity index (χ1n) is 6.50. The number of carbonyl (C=O) groups excluding carboxylic acids is 1. The molecule has 3 aromatic rings. The van der Waals surface area contributed by atoms with E-state index in [0.29, 0.717) is 11.2 Å². The monoisotopic (exact) mass is 279 g/mol. The second-order valence-corrected chi connectivity index (χ2v) is 4.67. The van der Waals surface area contributed by atoms with E-state index in [1.54, 1.807) is 36.5 Å².